The molecule has 0 radical (unpaired) electrons. The average molecular weight is 521 g/mol. The first kappa shape index (κ1) is 26.7. The number of carbonyl (C=O) groups is 1. The number of alkyl halides is 3. The zero-order valence-corrected chi connectivity index (χ0v) is 21.0. The number of rotatable bonds is 7. The Morgan fingerprint density at radius 1 is 1.16 bits per heavy atom. The van der Waals surface area contributed by atoms with E-state index in [0.717, 1.165) is 37.3 Å². The molecular weight excluding hydrogens is 493 g/mol. The number of allylic oxidation sites excluding steroid dienone is 7. The largest absolute Gasteiger partial charge is 0.433 e. The minimum absolute atomic E-state index is 0.0974. The van der Waals surface area contributed by atoms with E-state index in [2.05, 4.69) is 31.7 Å². The van der Waals surface area contributed by atoms with Gasteiger partial charge in [0.05, 0.1) is 5.69 Å². The minimum Gasteiger partial charge on any atom is -0.305 e. The number of nitrogens with zero attached hydrogens (tertiary/aromatic N) is 5. The molecule has 0 unspecified atom stereocenters. The monoisotopic (exact) mass is 520 g/mol. The van der Waals surface area contributed by atoms with Crippen LogP contribution in [-0.2, 0) is 11.0 Å². The van der Waals surface area contributed by atoms with Gasteiger partial charge in [-0.1, -0.05) is 24.3 Å². The lowest BCUT2D eigenvalue weighted by Gasteiger charge is -2.14. The summed E-state index contributed by atoms with van der Waals surface area (Å²) < 4.78 is 41.8. The van der Waals surface area contributed by atoms with Crippen molar-refractivity contribution in [1.29, 1.82) is 0 Å². The van der Waals surface area contributed by atoms with E-state index >= 15 is 0 Å². The van der Waals surface area contributed by atoms with Gasteiger partial charge in [0.2, 0.25) is 0 Å². The van der Waals surface area contributed by atoms with Gasteiger partial charge in [-0.05, 0) is 87.1 Å². The summed E-state index contributed by atoms with van der Waals surface area (Å²) in [7, 11) is 0. The van der Waals surface area contributed by atoms with Crippen LogP contribution in [0.2, 0.25) is 0 Å². The van der Waals surface area contributed by atoms with Gasteiger partial charge in [-0.25, -0.2) is 4.68 Å². The summed E-state index contributed by atoms with van der Waals surface area (Å²) in [6.07, 6.45) is 12.4. The van der Waals surface area contributed by atoms with Gasteiger partial charge in [-0.2, -0.15) is 18.3 Å². The summed E-state index contributed by atoms with van der Waals surface area (Å²) in [6, 6.07) is 6.87. The first-order chi connectivity index (χ1) is 18.3. The molecule has 1 amide bonds. The molecule has 3 aromatic rings. The summed E-state index contributed by atoms with van der Waals surface area (Å²) in [5.74, 6) is -0.419. The molecule has 3 aromatic heterocycles. The second-order valence-electron chi connectivity index (χ2n) is 8.75. The van der Waals surface area contributed by atoms with Crippen molar-refractivity contribution in [2.24, 2.45) is 0 Å². The molecule has 3 heterocycles. The molecule has 0 spiro atoms. The van der Waals surface area contributed by atoms with E-state index in [1.54, 1.807) is 19.1 Å². The lowest BCUT2D eigenvalue weighted by atomic mass is 9.92. The molecular formula is C28H27F3N6O. The maximum Gasteiger partial charge on any atom is 0.433 e. The Hall–Kier alpha value is -4.34. The number of hydrogen-bond acceptors (Lipinski definition) is 5. The molecule has 1 aliphatic carbocycles. The molecule has 38 heavy (non-hydrogen) atoms. The number of aromatic nitrogens is 5. The molecule has 1 aliphatic rings. The number of halogens is 3. The number of nitrogens with one attached hydrogen (secondary N) is 1. The molecule has 0 atom stereocenters. The van der Waals surface area contributed by atoms with Crippen molar-refractivity contribution in [2.45, 2.75) is 45.7 Å². The van der Waals surface area contributed by atoms with E-state index in [9.17, 15) is 18.0 Å². The number of anilines is 1. The molecule has 196 valence electrons. The van der Waals surface area contributed by atoms with Crippen LogP contribution in [-0.4, -0.2) is 30.9 Å². The Morgan fingerprint density at radius 2 is 2.00 bits per heavy atom. The fraction of sp³-hybridized carbons (Fsp3) is 0.250. The Kier molecular flexibility index (Phi) is 8.30. The molecule has 1 N–H and O–H groups in total. The standard InChI is InChI=1S/C28H27F3N6O/c1-3-4-9-21(20-10-6-5-7-11-20)16-19(2)27(38)33-25-13-14-26(35-34-25)37-24(28(29,30)31)17-23(36-37)22-12-8-15-32-18-22/h3-4,8-10,12-18H,5-7,11H2,1-2H3,(H,33,34,38)/b4-3-,19-16+,21-9+. The molecule has 0 aromatic carbocycles. The van der Waals surface area contributed by atoms with Crippen LogP contribution < -0.4 is 5.32 Å². The third-order valence-corrected chi connectivity index (χ3v) is 5.93. The summed E-state index contributed by atoms with van der Waals surface area (Å²) in [5, 5.41) is 14.5. The maximum absolute atomic E-state index is 13.7. The molecule has 0 bridgehead atoms. The van der Waals surface area contributed by atoms with E-state index in [1.165, 1.54) is 30.1 Å². The average Bonchev–Trinajstić information content (AvgIpc) is 3.39. The summed E-state index contributed by atoms with van der Waals surface area (Å²) in [6.45, 7) is 3.62. The minimum atomic E-state index is -4.67. The van der Waals surface area contributed by atoms with Crippen LogP contribution in [0.25, 0.3) is 17.1 Å². The van der Waals surface area contributed by atoms with Gasteiger partial charge in [0.1, 0.15) is 0 Å². The topological polar surface area (TPSA) is 85.6 Å². The molecule has 4 rings (SSSR count). The lowest BCUT2D eigenvalue weighted by molar-refractivity contribution is -0.142. The fourth-order valence-corrected chi connectivity index (χ4v) is 3.98. The van der Waals surface area contributed by atoms with Gasteiger partial charge in [0.15, 0.2) is 17.3 Å². The van der Waals surface area contributed by atoms with E-state index in [0.29, 0.717) is 15.8 Å². The zero-order valence-electron chi connectivity index (χ0n) is 21.0. The first-order valence-corrected chi connectivity index (χ1v) is 12.2. The zero-order chi connectivity index (χ0) is 27.1. The van der Waals surface area contributed by atoms with Crippen molar-refractivity contribution in [3.8, 4) is 17.1 Å². The predicted octanol–water partition coefficient (Wildman–Crippen LogP) is 6.63. The number of pyridine rings is 1. The van der Waals surface area contributed by atoms with E-state index < -0.39 is 11.9 Å². The lowest BCUT2D eigenvalue weighted by Crippen LogP contribution is -2.17. The van der Waals surface area contributed by atoms with Gasteiger partial charge >= 0.3 is 6.18 Å². The van der Waals surface area contributed by atoms with Crippen LogP contribution in [0.4, 0.5) is 19.0 Å². The summed E-state index contributed by atoms with van der Waals surface area (Å²) in [4.78, 5) is 16.8. The van der Waals surface area contributed by atoms with Gasteiger partial charge in [0.25, 0.3) is 5.91 Å². The van der Waals surface area contributed by atoms with Crippen molar-refractivity contribution in [2.75, 3.05) is 5.32 Å². The van der Waals surface area contributed by atoms with Crippen molar-refractivity contribution < 1.29 is 18.0 Å². The highest BCUT2D eigenvalue weighted by atomic mass is 19.4. The molecule has 7 nitrogen and oxygen atoms in total. The van der Waals surface area contributed by atoms with Crippen molar-refractivity contribution in [3.63, 3.8) is 0 Å². The third-order valence-electron chi connectivity index (χ3n) is 5.93. The van der Waals surface area contributed by atoms with Crippen molar-refractivity contribution >= 4 is 11.7 Å². The second-order valence-corrected chi connectivity index (χ2v) is 8.75. The smallest absolute Gasteiger partial charge is 0.305 e. The van der Waals surface area contributed by atoms with Crippen molar-refractivity contribution in [1.82, 2.24) is 25.0 Å². The Balaban J connectivity index is 1.55. The molecule has 10 heteroatoms. The number of carbonyl (C=O) groups excluding carboxylic acids is 1. The SMILES string of the molecule is C\C=C/C=C(\C=C(/C)C(=O)Nc1ccc(-n2nc(-c3cccnc3)cc2C(F)(F)F)nn1)C1=CCCCC1. The summed E-state index contributed by atoms with van der Waals surface area (Å²) >= 11 is 0. The number of hydrogen-bond donors (Lipinski definition) is 1. The Bertz CT molecular complexity index is 1400. The molecule has 0 aliphatic heterocycles. The highest BCUT2D eigenvalue weighted by Gasteiger charge is 2.37. The van der Waals surface area contributed by atoms with Gasteiger partial charge in [0, 0.05) is 23.5 Å². The van der Waals surface area contributed by atoms with E-state index in [1.807, 2.05) is 31.2 Å². The van der Waals surface area contributed by atoms with Crippen LogP contribution >= 0.6 is 0 Å². The van der Waals surface area contributed by atoms with Crippen LogP contribution in [0, 0.1) is 0 Å². The van der Waals surface area contributed by atoms with Crippen LogP contribution in [0.1, 0.15) is 45.2 Å². The Morgan fingerprint density at radius 3 is 2.63 bits per heavy atom. The molecule has 0 saturated carbocycles. The quantitative estimate of drug-likeness (QED) is 0.279. The predicted molar refractivity (Wildman–Crippen MR) is 139 cm³/mol. The van der Waals surface area contributed by atoms with Gasteiger partial charge < -0.3 is 5.32 Å². The number of amides is 1. The highest BCUT2D eigenvalue weighted by Crippen LogP contribution is 2.33. The molecule has 0 saturated heterocycles. The molecule has 0 fully saturated rings. The van der Waals surface area contributed by atoms with Gasteiger partial charge in [-0.15, -0.1) is 10.2 Å². The summed E-state index contributed by atoms with van der Waals surface area (Å²) in [5.41, 5.74) is 2.17. The van der Waals surface area contributed by atoms with Crippen LogP contribution in [0.5, 0.6) is 0 Å². The maximum atomic E-state index is 13.7. The third kappa shape index (κ3) is 6.50. The first-order valence-electron chi connectivity index (χ1n) is 12.2. The van der Waals surface area contributed by atoms with E-state index in [-0.39, 0.29) is 23.2 Å². The normalized spacial score (nSPS) is 15.0. The Labute approximate surface area is 218 Å². The van der Waals surface area contributed by atoms with Crippen molar-refractivity contribution in [3.05, 3.63) is 95.5 Å². The van der Waals surface area contributed by atoms with E-state index in [4.69, 9.17) is 0 Å². The van der Waals surface area contributed by atoms with Crippen LogP contribution in [0.15, 0.2) is 89.8 Å². The second kappa shape index (κ2) is 11.8. The van der Waals surface area contributed by atoms with Crippen LogP contribution in [0.3, 0.4) is 0 Å². The van der Waals surface area contributed by atoms with Gasteiger partial charge in [-0.3, -0.25) is 9.78 Å². The highest BCUT2D eigenvalue weighted by molar-refractivity contribution is 6.03. The fourth-order valence-electron chi connectivity index (χ4n) is 3.98.